The minimum atomic E-state index is -0.389. The number of nitrogens with one attached hydrogen (secondary N) is 3. The molecule has 0 aliphatic carbocycles. The van der Waals surface area contributed by atoms with Gasteiger partial charge in [0.25, 0.3) is 5.69 Å². The molecule has 4 rings (SSSR count). The van der Waals surface area contributed by atoms with Gasteiger partial charge >= 0.3 is 0 Å². The van der Waals surface area contributed by atoms with E-state index in [4.69, 9.17) is 9.97 Å². The van der Waals surface area contributed by atoms with E-state index in [9.17, 15) is 10.1 Å². The van der Waals surface area contributed by atoms with Crippen LogP contribution < -0.4 is 25.8 Å². The smallest absolute Gasteiger partial charge is 0.269 e. The molecule has 1 aromatic heterocycles. The van der Waals surface area contributed by atoms with E-state index in [-0.39, 0.29) is 10.6 Å². The average molecular weight is 455 g/mol. The van der Waals surface area contributed by atoms with Gasteiger partial charge in [-0.15, -0.1) is 0 Å². The largest absolute Gasteiger partial charge is 0.384 e. The highest BCUT2D eigenvalue weighted by Crippen LogP contribution is 2.23. The molecule has 0 spiro atoms. The summed E-state index contributed by atoms with van der Waals surface area (Å²) in [6.07, 6.45) is 4.91. The van der Waals surface area contributed by atoms with Crippen LogP contribution in [0.4, 0.5) is 23.1 Å². The van der Waals surface area contributed by atoms with Gasteiger partial charge in [0.2, 0.25) is 5.95 Å². The van der Waals surface area contributed by atoms with Crippen molar-refractivity contribution in [1.82, 2.24) is 20.6 Å². The fraction of sp³-hybridized carbons (Fsp3) is 0.565. The fourth-order valence-electron chi connectivity index (χ4n) is 4.24. The van der Waals surface area contributed by atoms with Gasteiger partial charge in [-0.2, -0.15) is 4.98 Å². The number of benzene rings is 1. The van der Waals surface area contributed by atoms with Crippen LogP contribution in [0.1, 0.15) is 31.4 Å². The third kappa shape index (κ3) is 6.75. The Labute approximate surface area is 194 Å². The van der Waals surface area contributed by atoms with E-state index >= 15 is 0 Å². The quantitative estimate of drug-likeness (QED) is 0.253. The maximum Gasteiger partial charge on any atom is 0.269 e. The molecule has 33 heavy (non-hydrogen) atoms. The second-order valence-electron chi connectivity index (χ2n) is 8.56. The van der Waals surface area contributed by atoms with Gasteiger partial charge in [0.15, 0.2) is 0 Å². The number of nitrogens with zero attached hydrogens (tertiary/aromatic N) is 5. The molecule has 10 heteroatoms. The Bertz CT molecular complexity index is 862. The number of nitro benzene ring substituents is 1. The van der Waals surface area contributed by atoms with Crippen molar-refractivity contribution >= 4 is 23.1 Å². The lowest BCUT2D eigenvalue weighted by atomic mass is 10.3. The zero-order chi connectivity index (χ0) is 22.9. The van der Waals surface area contributed by atoms with Crippen molar-refractivity contribution < 1.29 is 4.92 Å². The number of aromatic nitrogens is 2. The zero-order valence-corrected chi connectivity index (χ0v) is 19.1. The van der Waals surface area contributed by atoms with Gasteiger partial charge in [-0.05, 0) is 37.8 Å². The second kappa shape index (κ2) is 11.8. The van der Waals surface area contributed by atoms with Gasteiger partial charge in [-0.25, -0.2) is 4.98 Å². The Morgan fingerprint density at radius 3 is 2.18 bits per heavy atom. The SMILES string of the molecule is O=[N+]([O-])c1ccc(NCCNCCNCc2cc(N3CCCC3)nc(N3CCCC3)n2)cc1. The summed E-state index contributed by atoms with van der Waals surface area (Å²) >= 11 is 0. The van der Waals surface area contributed by atoms with Gasteiger partial charge in [0.1, 0.15) is 5.82 Å². The van der Waals surface area contributed by atoms with Crippen LogP contribution in [0.2, 0.25) is 0 Å². The number of non-ortho nitro benzene ring substituents is 1. The van der Waals surface area contributed by atoms with Crippen molar-refractivity contribution in [3.63, 3.8) is 0 Å². The lowest BCUT2D eigenvalue weighted by molar-refractivity contribution is -0.384. The van der Waals surface area contributed by atoms with Gasteiger partial charge < -0.3 is 25.8 Å². The Morgan fingerprint density at radius 2 is 1.48 bits per heavy atom. The molecule has 0 unspecified atom stereocenters. The van der Waals surface area contributed by atoms with Crippen LogP contribution in [0.5, 0.6) is 0 Å². The second-order valence-corrected chi connectivity index (χ2v) is 8.56. The van der Waals surface area contributed by atoms with E-state index in [0.29, 0.717) is 0 Å². The maximum atomic E-state index is 10.7. The first-order valence-electron chi connectivity index (χ1n) is 12.0. The highest BCUT2D eigenvalue weighted by molar-refractivity contribution is 5.48. The van der Waals surface area contributed by atoms with Crippen LogP contribution in [0.3, 0.4) is 0 Å². The topological polar surface area (TPSA) is 111 Å². The molecule has 0 atom stereocenters. The summed E-state index contributed by atoms with van der Waals surface area (Å²) in [6, 6.07) is 8.62. The van der Waals surface area contributed by atoms with Crippen LogP contribution in [-0.4, -0.2) is 67.2 Å². The third-order valence-corrected chi connectivity index (χ3v) is 6.07. The molecule has 2 fully saturated rings. The molecule has 0 radical (unpaired) electrons. The molecule has 2 aromatic rings. The first-order valence-corrected chi connectivity index (χ1v) is 12.0. The van der Waals surface area contributed by atoms with Gasteiger partial charge in [0, 0.05) is 82.8 Å². The molecule has 0 bridgehead atoms. The van der Waals surface area contributed by atoms with E-state index in [2.05, 4.69) is 31.8 Å². The number of anilines is 3. The van der Waals surface area contributed by atoms with Crippen LogP contribution in [0, 0.1) is 10.1 Å². The Morgan fingerprint density at radius 1 is 0.848 bits per heavy atom. The van der Waals surface area contributed by atoms with Gasteiger partial charge in [-0.1, -0.05) is 0 Å². The molecule has 0 amide bonds. The van der Waals surface area contributed by atoms with Crippen molar-refractivity contribution in [2.75, 3.05) is 67.5 Å². The first kappa shape index (κ1) is 23.2. The van der Waals surface area contributed by atoms with Gasteiger partial charge in [0.05, 0.1) is 10.6 Å². The Kier molecular flexibility index (Phi) is 8.26. The molecule has 2 aliphatic heterocycles. The van der Waals surface area contributed by atoms with E-state index in [0.717, 1.165) is 82.1 Å². The van der Waals surface area contributed by atoms with Crippen molar-refractivity contribution in [2.24, 2.45) is 0 Å². The summed E-state index contributed by atoms with van der Waals surface area (Å²) in [5, 5.41) is 20.9. The Balaban J connectivity index is 1.17. The van der Waals surface area contributed by atoms with Crippen molar-refractivity contribution in [3.05, 3.63) is 46.1 Å². The molecule has 10 nitrogen and oxygen atoms in total. The predicted octanol–water partition coefficient (Wildman–Crippen LogP) is 2.38. The lowest BCUT2D eigenvalue weighted by Gasteiger charge is -2.22. The van der Waals surface area contributed by atoms with E-state index < -0.39 is 0 Å². The fourth-order valence-corrected chi connectivity index (χ4v) is 4.24. The predicted molar refractivity (Wildman–Crippen MR) is 131 cm³/mol. The molecule has 3 N–H and O–H groups in total. The Hall–Kier alpha value is -2.98. The monoisotopic (exact) mass is 454 g/mol. The van der Waals surface area contributed by atoms with Crippen LogP contribution in [0.15, 0.2) is 30.3 Å². The molecule has 3 heterocycles. The van der Waals surface area contributed by atoms with E-state index in [1.54, 1.807) is 12.1 Å². The summed E-state index contributed by atoms with van der Waals surface area (Å²) in [5.41, 5.74) is 2.04. The zero-order valence-electron chi connectivity index (χ0n) is 19.1. The molecular formula is C23H34N8O2. The molecule has 178 valence electrons. The lowest BCUT2D eigenvalue weighted by Crippen LogP contribution is -2.31. The van der Waals surface area contributed by atoms with E-state index in [1.165, 1.54) is 37.8 Å². The number of nitro groups is 1. The summed E-state index contributed by atoms with van der Waals surface area (Å²) in [7, 11) is 0. The minimum Gasteiger partial charge on any atom is -0.384 e. The maximum absolute atomic E-state index is 10.7. The molecular weight excluding hydrogens is 420 g/mol. The molecule has 0 saturated carbocycles. The van der Waals surface area contributed by atoms with Gasteiger partial charge in [-0.3, -0.25) is 10.1 Å². The van der Waals surface area contributed by atoms with Crippen LogP contribution >= 0.6 is 0 Å². The van der Waals surface area contributed by atoms with Crippen LogP contribution in [-0.2, 0) is 6.54 Å². The van der Waals surface area contributed by atoms with Crippen LogP contribution in [0.25, 0.3) is 0 Å². The first-order chi connectivity index (χ1) is 16.2. The number of hydrogen-bond acceptors (Lipinski definition) is 9. The summed E-state index contributed by atoms with van der Waals surface area (Å²) < 4.78 is 0. The molecule has 2 aliphatic rings. The highest BCUT2D eigenvalue weighted by Gasteiger charge is 2.20. The molecule has 1 aromatic carbocycles. The summed E-state index contributed by atoms with van der Waals surface area (Å²) in [6.45, 7) is 8.26. The van der Waals surface area contributed by atoms with Crippen molar-refractivity contribution in [3.8, 4) is 0 Å². The third-order valence-electron chi connectivity index (χ3n) is 6.07. The number of hydrogen-bond donors (Lipinski definition) is 3. The minimum absolute atomic E-state index is 0.105. The highest BCUT2D eigenvalue weighted by atomic mass is 16.6. The summed E-state index contributed by atoms with van der Waals surface area (Å²) in [5.74, 6) is 1.95. The standard InChI is InChI=1S/C23H34N8O2/c32-31(33)21-7-5-19(6-8-21)26-12-11-24-9-10-25-18-20-17-22(29-13-1-2-14-29)28-23(27-20)30-15-3-4-16-30/h5-8,17,24-26H,1-4,9-16,18H2. The normalized spacial score (nSPS) is 15.9. The van der Waals surface area contributed by atoms with E-state index in [1.807, 2.05) is 0 Å². The van der Waals surface area contributed by atoms with Crippen molar-refractivity contribution in [1.29, 1.82) is 0 Å². The average Bonchev–Trinajstić information content (AvgIpc) is 3.56. The number of rotatable bonds is 12. The summed E-state index contributed by atoms with van der Waals surface area (Å²) in [4.78, 5) is 24.7. The van der Waals surface area contributed by atoms with Crippen molar-refractivity contribution in [2.45, 2.75) is 32.2 Å². The molecule has 2 saturated heterocycles.